The van der Waals surface area contributed by atoms with Crippen molar-refractivity contribution in [1.29, 1.82) is 0 Å². The fourth-order valence-corrected chi connectivity index (χ4v) is 6.78. The van der Waals surface area contributed by atoms with Crippen LogP contribution in [0.2, 0.25) is 0 Å². The van der Waals surface area contributed by atoms with Gasteiger partial charge in [-0.1, -0.05) is 25.1 Å². The number of amides is 1. The van der Waals surface area contributed by atoms with Gasteiger partial charge in [-0.2, -0.15) is 17.5 Å². The zero-order chi connectivity index (χ0) is 26.1. The number of alkyl halides is 3. The Bertz CT molecular complexity index is 1340. The standard InChI is InChI=1S/C25H24F4N2O3S2/c1-2-12-30(36(33,34)20-5-3-4-18(15-20)25(27,28)29)16-23(32)31-13-10-22-21(11-14-35-22)24(31)17-6-8-19(26)9-7-17/h3-9,11,14-15,24H,2,10,12-13,16H2,1H3. The van der Waals surface area contributed by atoms with E-state index in [1.807, 2.05) is 11.4 Å². The van der Waals surface area contributed by atoms with Gasteiger partial charge in [0.15, 0.2) is 0 Å². The highest BCUT2D eigenvalue weighted by atomic mass is 32.2. The van der Waals surface area contributed by atoms with E-state index in [-0.39, 0.29) is 6.54 Å². The van der Waals surface area contributed by atoms with Crippen LogP contribution in [0.15, 0.2) is 64.9 Å². The van der Waals surface area contributed by atoms with Crippen LogP contribution in [0.4, 0.5) is 17.6 Å². The third-order valence-electron chi connectivity index (χ3n) is 6.06. The number of nitrogens with zero attached hydrogens (tertiary/aromatic N) is 2. The van der Waals surface area contributed by atoms with Crippen molar-refractivity contribution in [2.24, 2.45) is 0 Å². The Kier molecular flexibility index (Phi) is 7.53. The minimum atomic E-state index is -4.70. The number of hydrogen-bond donors (Lipinski definition) is 0. The van der Waals surface area contributed by atoms with Gasteiger partial charge in [0.1, 0.15) is 5.82 Å². The minimum absolute atomic E-state index is 0.0386. The van der Waals surface area contributed by atoms with E-state index in [1.54, 1.807) is 35.3 Å². The lowest BCUT2D eigenvalue weighted by molar-refractivity contribution is -0.137. The van der Waals surface area contributed by atoms with Gasteiger partial charge in [-0.05, 0) is 65.7 Å². The number of carbonyl (C=O) groups is 1. The average molecular weight is 541 g/mol. The number of benzene rings is 2. The van der Waals surface area contributed by atoms with Crippen molar-refractivity contribution in [2.45, 2.75) is 36.9 Å². The number of hydrogen-bond acceptors (Lipinski definition) is 4. The molecule has 4 rings (SSSR count). The molecule has 36 heavy (non-hydrogen) atoms. The van der Waals surface area contributed by atoms with Gasteiger partial charge in [-0.25, -0.2) is 12.8 Å². The van der Waals surface area contributed by atoms with Crippen molar-refractivity contribution in [3.05, 3.63) is 87.4 Å². The highest BCUT2D eigenvalue weighted by molar-refractivity contribution is 7.89. The van der Waals surface area contributed by atoms with E-state index >= 15 is 0 Å². The number of rotatable bonds is 7. The van der Waals surface area contributed by atoms with Crippen molar-refractivity contribution in [3.63, 3.8) is 0 Å². The second-order valence-corrected chi connectivity index (χ2v) is 11.4. The van der Waals surface area contributed by atoms with Gasteiger partial charge in [0, 0.05) is 18.0 Å². The molecule has 1 atom stereocenters. The van der Waals surface area contributed by atoms with E-state index in [9.17, 15) is 30.8 Å². The fraction of sp³-hybridized carbons (Fsp3) is 0.320. The lowest BCUT2D eigenvalue weighted by atomic mass is 9.93. The summed E-state index contributed by atoms with van der Waals surface area (Å²) in [7, 11) is -4.38. The molecule has 0 fully saturated rings. The van der Waals surface area contributed by atoms with E-state index in [0.29, 0.717) is 31.0 Å². The van der Waals surface area contributed by atoms with Crippen LogP contribution in [0.25, 0.3) is 0 Å². The Balaban J connectivity index is 1.65. The normalized spacial score (nSPS) is 16.3. The fourth-order valence-electron chi connectivity index (χ4n) is 4.35. The molecular formula is C25H24F4N2O3S2. The monoisotopic (exact) mass is 540 g/mol. The molecule has 0 saturated carbocycles. The molecule has 0 spiro atoms. The Morgan fingerprint density at radius 3 is 2.53 bits per heavy atom. The first-order chi connectivity index (χ1) is 17.0. The summed E-state index contributed by atoms with van der Waals surface area (Å²) in [5, 5.41) is 1.91. The van der Waals surface area contributed by atoms with Gasteiger partial charge in [-0.15, -0.1) is 11.3 Å². The Hall–Kier alpha value is -2.76. The molecule has 0 N–H and O–H groups in total. The van der Waals surface area contributed by atoms with E-state index in [2.05, 4.69) is 0 Å². The molecule has 2 heterocycles. The highest BCUT2D eigenvalue weighted by Crippen LogP contribution is 2.38. The number of halogens is 4. The summed E-state index contributed by atoms with van der Waals surface area (Å²) in [5.74, 6) is -0.899. The molecule has 1 aromatic heterocycles. The lowest BCUT2D eigenvalue weighted by Crippen LogP contribution is -2.47. The van der Waals surface area contributed by atoms with Gasteiger partial charge >= 0.3 is 6.18 Å². The molecule has 2 aromatic carbocycles. The second-order valence-electron chi connectivity index (χ2n) is 8.45. The Morgan fingerprint density at radius 2 is 1.86 bits per heavy atom. The van der Waals surface area contributed by atoms with Gasteiger partial charge in [0.2, 0.25) is 15.9 Å². The molecule has 0 aliphatic carbocycles. The second kappa shape index (κ2) is 10.3. The van der Waals surface area contributed by atoms with E-state index < -0.39 is 51.0 Å². The van der Waals surface area contributed by atoms with E-state index in [1.165, 1.54) is 12.1 Å². The van der Waals surface area contributed by atoms with Gasteiger partial charge < -0.3 is 4.90 Å². The van der Waals surface area contributed by atoms with Crippen LogP contribution in [-0.4, -0.2) is 43.2 Å². The summed E-state index contributed by atoms with van der Waals surface area (Å²) in [5.41, 5.74) is 0.504. The molecule has 0 saturated heterocycles. The maximum absolute atomic E-state index is 13.6. The lowest BCUT2D eigenvalue weighted by Gasteiger charge is -2.37. The molecule has 5 nitrogen and oxygen atoms in total. The molecule has 192 valence electrons. The van der Waals surface area contributed by atoms with Crippen molar-refractivity contribution < 1.29 is 30.8 Å². The first-order valence-electron chi connectivity index (χ1n) is 11.3. The number of fused-ring (bicyclic) bond motifs is 1. The summed E-state index contributed by atoms with van der Waals surface area (Å²) in [6.07, 6.45) is -3.75. The first-order valence-corrected chi connectivity index (χ1v) is 13.6. The molecule has 1 unspecified atom stereocenters. The Morgan fingerprint density at radius 1 is 1.14 bits per heavy atom. The van der Waals surface area contributed by atoms with Crippen LogP contribution in [0.5, 0.6) is 0 Å². The van der Waals surface area contributed by atoms with Crippen LogP contribution in [0.3, 0.4) is 0 Å². The Labute approximate surface area is 211 Å². The van der Waals surface area contributed by atoms with Gasteiger partial charge in [0.25, 0.3) is 0 Å². The van der Waals surface area contributed by atoms with Crippen LogP contribution in [0.1, 0.15) is 41.0 Å². The third kappa shape index (κ3) is 5.33. The van der Waals surface area contributed by atoms with Gasteiger partial charge in [-0.3, -0.25) is 4.79 Å². The van der Waals surface area contributed by atoms with Crippen molar-refractivity contribution in [3.8, 4) is 0 Å². The van der Waals surface area contributed by atoms with Crippen LogP contribution in [-0.2, 0) is 27.4 Å². The molecule has 1 aliphatic rings. The predicted molar refractivity (Wildman–Crippen MR) is 128 cm³/mol. The summed E-state index contributed by atoms with van der Waals surface area (Å²) in [6, 6.07) is 10.7. The number of thiophene rings is 1. The maximum Gasteiger partial charge on any atom is 0.416 e. The topological polar surface area (TPSA) is 57.7 Å². The summed E-state index contributed by atoms with van der Waals surface area (Å²) in [6.45, 7) is 1.49. The summed E-state index contributed by atoms with van der Waals surface area (Å²) in [4.78, 5) is 15.7. The maximum atomic E-state index is 13.6. The minimum Gasteiger partial charge on any atom is -0.330 e. The van der Waals surface area contributed by atoms with Crippen LogP contribution >= 0.6 is 11.3 Å². The molecule has 3 aromatic rings. The number of sulfonamides is 1. The smallest absolute Gasteiger partial charge is 0.330 e. The zero-order valence-electron chi connectivity index (χ0n) is 19.3. The first kappa shape index (κ1) is 26.3. The summed E-state index contributed by atoms with van der Waals surface area (Å²) < 4.78 is 80.7. The predicted octanol–water partition coefficient (Wildman–Crippen LogP) is 5.48. The van der Waals surface area contributed by atoms with E-state index in [4.69, 9.17) is 0 Å². The van der Waals surface area contributed by atoms with Crippen molar-refractivity contribution in [2.75, 3.05) is 19.6 Å². The quantitative estimate of drug-likeness (QED) is 0.373. The number of carbonyl (C=O) groups excluding carboxylic acids is 1. The molecule has 11 heteroatoms. The SMILES string of the molecule is CCCN(CC(=O)N1CCc2sccc2C1c1ccc(F)cc1)S(=O)(=O)c1cccc(C(F)(F)F)c1. The van der Waals surface area contributed by atoms with Gasteiger partial charge in [0.05, 0.1) is 23.0 Å². The van der Waals surface area contributed by atoms with Crippen LogP contribution < -0.4 is 0 Å². The zero-order valence-corrected chi connectivity index (χ0v) is 21.0. The molecule has 0 radical (unpaired) electrons. The largest absolute Gasteiger partial charge is 0.416 e. The van der Waals surface area contributed by atoms with Crippen molar-refractivity contribution >= 4 is 27.3 Å². The average Bonchev–Trinajstić information content (AvgIpc) is 3.32. The van der Waals surface area contributed by atoms with E-state index in [0.717, 1.165) is 32.9 Å². The van der Waals surface area contributed by atoms with Crippen LogP contribution in [0, 0.1) is 5.82 Å². The highest BCUT2D eigenvalue weighted by Gasteiger charge is 2.37. The third-order valence-corrected chi connectivity index (χ3v) is 8.89. The van der Waals surface area contributed by atoms with Crippen molar-refractivity contribution in [1.82, 2.24) is 9.21 Å². The molecule has 1 amide bonds. The molecule has 0 bridgehead atoms. The summed E-state index contributed by atoms with van der Waals surface area (Å²) >= 11 is 1.56. The molecular weight excluding hydrogens is 516 g/mol. The molecule has 1 aliphatic heterocycles.